The lowest BCUT2D eigenvalue weighted by Gasteiger charge is -2.60. The maximum atomic E-state index is 12.9. The molecule has 4 saturated carbocycles. The predicted molar refractivity (Wildman–Crippen MR) is 118 cm³/mol. The summed E-state index contributed by atoms with van der Waals surface area (Å²) in [5.41, 5.74) is 0.774. The second-order valence-corrected chi connectivity index (χ2v) is 13.5. The first kappa shape index (κ1) is 20.9. The lowest BCUT2D eigenvalue weighted by Crippen LogP contribution is -2.53. The van der Waals surface area contributed by atoms with Crippen LogP contribution in [0.2, 0.25) is 0 Å². The third-order valence-electron chi connectivity index (χ3n) is 7.39. The zero-order chi connectivity index (χ0) is 21.0. The number of hydrogen-bond donors (Lipinski definition) is 1. The van der Waals surface area contributed by atoms with Crippen molar-refractivity contribution in [2.75, 3.05) is 31.6 Å². The molecule has 0 aromatic heterocycles. The minimum Gasteiger partial charge on any atom is -0.379 e. The number of hydrogen-bond acceptors (Lipinski definition) is 4. The number of carbonyl (C=O) groups is 1. The summed E-state index contributed by atoms with van der Waals surface area (Å²) in [6.07, 6.45) is 7.83. The number of alkyl halides is 1. The Kier molecular flexibility index (Phi) is 5.28. The molecule has 0 radical (unpaired) electrons. The van der Waals surface area contributed by atoms with Gasteiger partial charge in [0.2, 0.25) is 15.9 Å². The molecule has 2 unspecified atom stereocenters. The van der Waals surface area contributed by atoms with Crippen molar-refractivity contribution < 1.29 is 17.9 Å². The van der Waals surface area contributed by atoms with E-state index in [0.29, 0.717) is 38.4 Å². The number of nitrogens with one attached hydrogen (secondary N) is 1. The highest BCUT2D eigenvalue weighted by molar-refractivity contribution is 9.10. The van der Waals surface area contributed by atoms with E-state index in [0.717, 1.165) is 18.3 Å². The monoisotopic (exact) mass is 496 g/mol. The van der Waals surface area contributed by atoms with Crippen LogP contribution in [0.4, 0.5) is 5.69 Å². The zero-order valence-corrected chi connectivity index (χ0v) is 19.5. The summed E-state index contributed by atoms with van der Waals surface area (Å²) < 4.78 is 32.4. The van der Waals surface area contributed by atoms with E-state index in [1.807, 2.05) is 0 Å². The second kappa shape index (κ2) is 7.57. The fraction of sp³-hybridized carbons (Fsp3) is 0.682. The Balaban J connectivity index is 1.24. The standard InChI is InChI=1S/C22H29BrN2O4S/c23-22-12-16-9-17(13-22)11-21(10-16,15-22)14-20(26)24-18-1-3-19(4-2-18)30(27,28)25-5-7-29-8-6-25/h1-4,16-17H,5-15H2,(H,24,26)/t16-,17+,21?,22?. The van der Waals surface area contributed by atoms with E-state index >= 15 is 0 Å². The van der Waals surface area contributed by atoms with Gasteiger partial charge in [-0.1, -0.05) is 15.9 Å². The van der Waals surface area contributed by atoms with Crippen molar-refractivity contribution >= 4 is 37.5 Å². The molecule has 1 N–H and O–H groups in total. The molecule has 6 nitrogen and oxygen atoms in total. The van der Waals surface area contributed by atoms with E-state index in [4.69, 9.17) is 4.74 Å². The van der Waals surface area contributed by atoms with Crippen molar-refractivity contribution in [2.24, 2.45) is 17.3 Å². The Bertz CT molecular complexity index is 913. The van der Waals surface area contributed by atoms with Gasteiger partial charge >= 0.3 is 0 Å². The molecule has 4 bridgehead atoms. The molecule has 5 aliphatic rings. The normalized spacial score (nSPS) is 36.0. The number of ether oxygens (including phenoxy) is 1. The van der Waals surface area contributed by atoms with Crippen LogP contribution in [0.15, 0.2) is 29.2 Å². The molecule has 1 aromatic carbocycles. The van der Waals surface area contributed by atoms with Crippen LogP contribution >= 0.6 is 15.9 Å². The van der Waals surface area contributed by atoms with E-state index in [1.54, 1.807) is 24.3 Å². The molecule has 1 amide bonds. The van der Waals surface area contributed by atoms with Gasteiger partial charge in [0.05, 0.1) is 18.1 Å². The summed E-state index contributed by atoms with van der Waals surface area (Å²) in [4.78, 5) is 13.1. The maximum Gasteiger partial charge on any atom is 0.243 e. The van der Waals surface area contributed by atoms with Gasteiger partial charge in [-0.15, -0.1) is 0 Å². The summed E-state index contributed by atoms with van der Waals surface area (Å²) in [5.74, 6) is 1.54. The van der Waals surface area contributed by atoms with Gasteiger partial charge in [-0.3, -0.25) is 4.79 Å². The van der Waals surface area contributed by atoms with Gasteiger partial charge in [-0.2, -0.15) is 4.31 Å². The third kappa shape index (κ3) is 3.96. The van der Waals surface area contributed by atoms with Crippen LogP contribution in [-0.4, -0.2) is 49.3 Å². The van der Waals surface area contributed by atoms with E-state index in [9.17, 15) is 13.2 Å². The molecule has 1 saturated heterocycles. The zero-order valence-electron chi connectivity index (χ0n) is 17.1. The average Bonchev–Trinajstić information content (AvgIpc) is 2.66. The number of carbonyl (C=O) groups excluding carboxylic acids is 1. The smallest absolute Gasteiger partial charge is 0.243 e. The molecule has 8 heteroatoms. The van der Waals surface area contributed by atoms with E-state index < -0.39 is 10.0 Å². The van der Waals surface area contributed by atoms with Crippen LogP contribution in [-0.2, 0) is 19.6 Å². The fourth-order valence-electron chi connectivity index (χ4n) is 6.73. The largest absolute Gasteiger partial charge is 0.379 e. The Morgan fingerprint density at radius 1 is 1.10 bits per heavy atom. The van der Waals surface area contributed by atoms with Gasteiger partial charge in [0.1, 0.15) is 0 Å². The third-order valence-corrected chi connectivity index (χ3v) is 10.2. The topological polar surface area (TPSA) is 75.7 Å². The van der Waals surface area contributed by atoms with Gasteiger partial charge < -0.3 is 10.1 Å². The molecule has 30 heavy (non-hydrogen) atoms. The average molecular weight is 497 g/mol. The number of benzene rings is 1. The van der Waals surface area contributed by atoms with Crippen molar-refractivity contribution in [3.8, 4) is 0 Å². The molecule has 0 spiro atoms. The van der Waals surface area contributed by atoms with Crippen LogP contribution in [0.1, 0.15) is 44.9 Å². The highest BCUT2D eigenvalue weighted by Gasteiger charge is 2.57. The first-order valence-corrected chi connectivity index (χ1v) is 13.2. The number of rotatable bonds is 5. The fourth-order valence-corrected chi connectivity index (χ4v) is 9.65. The summed E-state index contributed by atoms with van der Waals surface area (Å²) in [7, 11) is -3.51. The lowest BCUT2D eigenvalue weighted by atomic mass is 9.48. The van der Waals surface area contributed by atoms with E-state index in [-0.39, 0.29) is 20.5 Å². The lowest BCUT2D eigenvalue weighted by molar-refractivity contribution is -0.123. The Labute approximate surface area is 186 Å². The van der Waals surface area contributed by atoms with Crippen molar-refractivity contribution in [1.82, 2.24) is 4.31 Å². The summed E-state index contributed by atoms with van der Waals surface area (Å²) in [6, 6.07) is 6.55. The SMILES string of the molecule is O=C(CC12C[C@@H]3C[C@@H](CC(Br)(C3)C1)C2)Nc1ccc(S(=O)(=O)N2CCOCC2)cc1. The molecule has 6 rings (SSSR count). The molecule has 164 valence electrons. The van der Waals surface area contributed by atoms with Gasteiger partial charge in [-0.25, -0.2) is 8.42 Å². The quantitative estimate of drug-likeness (QED) is 0.629. The molecule has 5 fully saturated rings. The van der Waals surface area contributed by atoms with Crippen LogP contribution in [0.3, 0.4) is 0 Å². The van der Waals surface area contributed by atoms with E-state index in [2.05, 4.69) is 21.2 Å². The van der Waals surface area contributed by atoms with Crippen molar-refractivity contribution in [3.63, 3.8) is 0 Å². The van der Waals surface area contributed by atoms with Gasteiger partial charge in [-0.05, 0) is 80.0 Å². The molecule has 1 aliphatic heterocycles. The predicted octanol–water partition coefficient (Wildman–Crippen LogP) is 3.77. The van der Waals surface area contributed by atoms with Gasteiger partial charge in [0.15, 0.2) is 0 Å². The first-order chi connectivity index (χ1) is 14.3. The number of nitrogens with zero attached hydrogens (tertiary/aromatic N) is 1. The highest BCUT2D eigenvalue weighted by atomic mass is 79.9. The van der Waals surface area contributed by atoms with Crippen molar-refractivity contribution in [2.45, 2.75) is 54.2 Å². The number of morpholine rings is 1. The highest BCUT2D eigenvalue weighted by Crippen LogP contribution is 2.65. The summed E-state index contributed by atoms with van der Waals surface area (Å²) in [5, 5.41) is 3.00. The second-order valence-electron chi connectivity index (χ2n) is 9.88. The number of halogens is 1. The van der Waals surface area contributed by atoms with Crippen LogP contribution in [0.25, 0.3) is 0 Å². The van der Waals surface area contributed by atoms with E-state index in [1.165, 1.54) is 36.4 Å². The van der Waals surface area contributed by atoms with Crippen LogP contribution in [0, 0.1) is 17.3 Å². The maximum absolute atomic E-state index is 12.9. The summed E-state index contributed by atoms with van der Waals surface area (Å²) in [6.45, 7) is 1.60. The first-order valence-electron chi connectivity index (χ1n) is 10.9. The minimum absolute atomic E-state index is 0.0387. The number of sulfonamides is 1. The number of anilines is 1. The summed E-state index contributed by atoms with van der Waals surface area (Å²) >= 11 is 4.01. The van der Waals surface area contributed by atoms with Crippen molar-refractivity contribution in [1.29, 1.82) is 0 Å². The molecule has 1 aromatic rings. The Morgan fingerprint density at radius 3 is 2.33 bits per heavy atom. The Morgan fingerprint density at radius 2 is 1.73 bits per heavy atom. The molecule has 4 atom stereocenters. The van der Waals surface area contributed by atoms with Crippen LogP contribution < -0.4 is 5.32 Å². The van der Waals surface area contributed by atoms with Gasteiger partial charge in [0, 0.05) is 29.5 Å². The molecular weight excluding hydrogens is 468 g/mol. The molecule has 4 aliphatic carbocycles. The Hall–Kier alpha value is -0.960. The van der Waals surface area contributed by atoms with Crippen LogP contribution in [0.5, 0.6) is 0 Å². The minimum atomic E-state index is -3.51. The molecular formula is C22H29BrN2O4S. The van der Waals surface area contributed by atoms with Gasteiger partial charge in [0.25, 0.3) is 0 Å². The molecule has 1 heterocycles. The number of amides is 1. The van der Waals surface area contributed by atoms with Crippen molar-refractivity contribution in [3.05, 3.63) is 24.3 Å².